The minimum Gasteiger partial charge on any atom is -0.494 e. The van der Waals surface area contributed by atoms with Gasteiger partial charge in [-0.3, -0.25) is 19.8 Å². The molecule has 0 atom stereocenters. The largest absolute Gasteiger partial charge is 0.494 e. The van der Waals surface area contributed by atoms with Crippen LogP contribution in [-0.2, 0) is 0 Å². The number of benzene rings is 3. The number of nitrogens with one attached hydrogen (secondary N) is 2. The van der Waals surface area contributed by atoms with Gasteiger partial charge in [-0.2, -0.15) is 0 Å². The van der Waals surface area contributed by atoms with E-state index in [9.17, 15) is 14.9 Å². The number of carbonyl (C=O) groups excluding carboxylic acids is 1. The number of hydrogen-bond acceptors (Lipinski definition) is 7. The minimum atomic E-state index is -0.467. The lowest BCUT2D eigenvalue weighted by atomic mass is 10.1. The Morgan fingerprint density at radius 2 is 1.82 bits per heavy atom. The van der Waals surface area contributed by atoms with Crippen LogP contribution < -0.4 is 20.3 Å². The SMILES string of the molecule is CCOc1ccc(NC(=O)c2ccc(NCCCN3CCN(c4cccc(Cl)c4)CC3)c([N+](=O)[O-])c2)cc1. The van der Waals surface area contributed by atoms with Crippen molar-refractivity contribution < 1.29 is 14.5 Å². The third-order valence-electron chi connectivity index (χ3n) is 6.39. The molecule has 1 fully saturated rings. The van der Waals surface area contributed by atoms with Gasteiger partial charge in [-0.05, 0) is 74.5 Å². The van der Waals surface area contributed by atoms with Crippen molar-refractivity contribution in [3.05, 3.63) is 87.4 Å². The molecule has 200 valence electrons. The van der Waals surface area contributed by atoms with Crippen molar-refractivity contribution in [3.8, 4) is 5.75 Å². The molecule has 0 radical (unpaired) electrons. The molecule has 1 aliphatic heterocycles. The first kappa shape index (κ1) is 27.2. The van der Waals surface area contributed by atoms with E-state index in [2.05, 4.69) is 26.5 Å². The summed E-state index contributed by atoms with van der Waals surface area (Å²) in [6.45, 7) is 7.69. The van der Waals surface area contributed by atoms with Gasteiger partial charge in [-0.15, -0.1) is 0 Å². The highest BCUT2D eigenvalue weighted by molar-refractivity contribution is 6.30. The molecule has 1 aliphatic rings. The normalized spacial score (nSPS) is 13.7. The second-order valence-corrected chi connectivity index (χ2v) is 9.43. The van der Waals surface area contributed by atoms with Crippen LogP contribution in [0, 0.1) is 10.1 Å². The lowest BCUT2D eigenvalue weighted by Gasteiger charge is -2.36. The Hall–Kier alpha value is -3.82. The van der Waals surface area contributed by atoms with Crippen molar-refractivity contribution >= 4 is 40.3 Å². The zero-order valence-electron chi connectivity index (χ0n) is 21.4. The van der Waals surface area contributed by atoms with Gasteiger partial charge in [0.25, 0.3) is 11.6 Å². The molecule has 0 spiro atoms. The van der Waals surface area contributed by atoms with Gasteiger partial charge in [0, 0.05) is 60.8 Å². The zero-order chi connectivity index (χ0) is 26.9. The van der Waals surface area contributed by atoms with Gasteiger partial charge in [-0.1, -0.05) is 17.7 Å². The molecule has 0 unspecified atom stereocenters. The van der Waals surface area contributed by atoms with E-state index in [0.29, 0.717) is 30.3 Å². The maximum absolute atomic E-state index is 12.7. The van der Waals surface area contributed by atoms with Crippen LogP contribution in [0.4, 0.5) is 22.7 Å². The average Bonchev–Trinajstić information content (AvgIpc) is 2.92. The second-order valence-electron chi connectivity index (χ2n) is 8.99. The van der Waals surface area contributed by atoms with Crippen molar-refractivity contribution in [2.24, 2.45) is 0 Å². The van der Waals surface area contributed by atoms with E-state index in [1.165, 1.54) is 6.07 Å². The van der Waals surface area contributed by atoms with Crippen molar-refractivity contribution in [2.75, 3.05) is 61.4 Å². The summed E-state index contributed by atoms with van der Waals surface area (Å²) < 4.78 is 5.40. The van der Waals surface area contributed by atoms with E-state index >= 15 is 0 Å². The first-order chi connectivity index (χ1) is 18.4. The van der Waals surface area contributed by atoms with Gasteiger partial charge in [0.15, 0.2) is 0 Å². The molecule has 3 aromatic carbocycles. The molecular formula is C28H32ClN5O4. The predicted molar refractivity (Wildman–Crippen MR) is 152 cm³/mol. The highest BCUT2D eigenvalue weighted by Gasteiger charge is 2.19. The van der Waals surface area contributed by atoms with Crippen molar-refractivity contribution in [3.63, 3.8) is 0 Å². The summed E-state index contributed by atoms with van der Waals surface area (Å²) in [4.78, 5) is 28.6. The van der Waals surface area contributed by atoms with E-state index in [0.717, 1.165) is 49.9 Å². The van der Waals surface area contributed by atoms with Crippen LogP contribution in [-0.4, -0.2) is 61.6 Å². The number of nitrogens with zero attached hydrogens (tertiary/aromatic N) is 3. The second kappa shape index (κ2) is 13.1. The van der Waals surface area contributed by atoms with E-state index in [-0.39, 0.29) is 11.3 Å². The smallest absolute Gasteiger partial charge is 0.293 e. The summed E-state index contributed by atoms with van der Waals surface area (Å²) in [5, 5.41) is 18.4. The Morgan fingerprint density at radius 1 is 1.05 bits per heavy atom. The molecule has 38 heavy (non-hydrogen) atoms. The number of rotatable bonds is 11. The minimum absolute atomic E-state index is 0.125. The van der Waals surface area contributed by atoms with Crippen LogP contribution in [0.1, 0.15) is 23.7 Å². The summed E-state index contributed by atoms with van der Waals surface area (Å²) in [5.41, 5.74) is 2.21. The molecule has 9 nitrogen and oxygen atoms in total. The van der Waals surface area contributed by atoms with Gasteiger partial charge < -0.3 is 20.3 Å². The van der Waals surface area contributed by atoms with Crippen LogP contribution in [0.3, 0.4) is 0 Å². The summed E-state index contributed by atoms with van der Waals surface area (Å²) in [6.07, 6.45) is 0.842. The standard InChI is InChI=1S/C28H32ClN5O4/c1-2-38-25-10-8-23(9-11-25)31-28(35)21-7-12-26(27(19-21)34(36)37)30-13-4-14-32-15-17-33(18-16-32)24-6-3-5-22(29)20-24/h3,5-12,19-20,30H,2,4,13-18H2,1H3,(H,31,35). The molecule has 0 aromatic heterocycles. The van der Waals surface area contributed by atoms with Crippen LogP contribution in [0.2, 0.25) is 5.02 Å². The van der Waals surface area contributed by atoms with E-state index in [4.69, 9.17) is 16.3 Å². The number of nitro benzene ring substituents is 1. The summed E-state index contributed by atoms with van der Waals surface area (Å²) in [5.74, 6) is 0.289. The fraction of sp³-hybridized carbons (Fsp3) is 0.321. The molecular weight excluding hydrogens is 506 g/mol. The van der Waals surface area contributed by atoms with Gasteiger partial charge in [-0.25, -0.2) is 0 Å². The first-order valence-corrected chi connectivity index (χ1v) is 13.1. The highest BCUT2D eigenvalue weighted by Crippen LogP contribution is 2.27. The summed E-state index contributed by atoms with van der Waals surface area (Å²) in [6, 6.07) is 19.4. The number of halogens is 1. The Kier molecular flexibility index (Phi) is 9.40. The first-order valence-electron chi connectivity index (χ1n) is 12.7. The molecule has 3 aromatic rings. The van der Waals surface area contributed by atoms with Gasteiger partial charge in [0.05, 0.1) is 11.5 Å². The third-order valence-corrected chi connectivity index (χ3v) is 6.63. The van der Waals surface area contributed by atoms with E-state index < -0.39 is 10.8 Å². The molecule has 0 bridgehead atoms. The quantitative estimate of drug-likeness (QED) is 0.188. The molecule has 0 aliphatic carbocycles. The molecule has 2 N–H and O–H groups in total. The molecule has 1 amide bonds. The number of anilines is 3. The van der Waals surface area contributed by atoms with Crippen LogP contribution >= 0.6 is 11.6 Å². The number of hydrogen-bond donors (Lipinski definition) is 2. The van der Waals surface area contributed by atoms with E-state index in [1.54, 1.807) is 36.4 Å². The fourth-order valence-corrected chi connectivity index (χ4v) is 4.59. The Balaban J connectivity index is 1.25. The molecule has 1 heterocycles. The van der Waals surface area contributed by atoms with Crippen molar-refractivity contribution in [1.29, 1.82) is 0 Å². The Morgan fingerprint density at radius 3 is 2.50 bits per heavy atom. The zero-order valence-corrected chi connectivity index (χ0v) is 22.1. The molecule has 1 saturated heterocycles. The topological polar surface area (TPSA) is 100.0 Å². The fourth-order valence-electron chi connectivity index (χ4n) is 4.41. The van der Waals surface area contributed by atoms with Crippen LogP contribution in [0.5, 0.6) is 5.75 Å². The summed E-state index contributed by atoms with van der Waals surface area (Å²) in [7, 11) is 0. The number of amides is 1. The maximum atomic E-state index is 12.7. The number of carbonyl (C=O) groups is 1. The van der Waals surface area contributed by atoms with Crippen molar-refractivity contribution in [1.82, 2.24) is 4.90 Å². The average molecular weight is 538 g/mol. The van der Waals surface area contributed by atoms with Crippen LogP contribution in [0.15, 0.2) is 66.7 Å². The summed E-state index contributed by atoms with van der Waals surface area (Å²) >= 11 is 6.12. The monoisotopic (exact) mass is 537 g/mol. The van der Waals surface area contributed by atoms with Gasteiger partial charge >= 0.3 is 0 Å². The number of nitro groups is 1. The molecule has 0 saturated carbocycles. The van der Waals surface area contributed by atoms with E-state index in [1.807, 2.05) is 25.1 Å². The van der Waals surface area contributed by atoms with Crippen molar-refractivity contribution in [2.45, 2.75) is 13.3 Å². The molecule has 4 rings (SSSR count). The third kappa shape index (κ3) is 7.36. The lowest BCUT2D eigenvalue weighted by molar-refractivity contribution is -0.384. The number of ether oxygens (including phenoxy) is 1. The maximum Gasteiger partial charge on any atom is 0.293 e. The van der Waals surface area contributed by atoms with Crippen LogP contribution in [0.25, 0.3) is 0 Å². The van der Waals surface area contributed by atoms with Gasteiger partial charge in [0.2, 0.25) is 0 Å². The highest BCUT2D eigenvalue weighted by atomic mass is 35.5. The van der Waals surface area contributed by atoms with Gasteiger partial charge in [0.1, 0.15) is 11.4 Å². The Labute approximate surface area is 227 Å². The molecule has 10 heteroatoms. The predicted octanol–water partition coefficient (Wildman–Crippen LogP) is 5.52. The lowest BCUT2D eigenvalue weighted by Crippen LogP contribution is -2.46. The number of piperazine rings is 1. The Bertz CT molecular complexity index is 1250.